The van der Waals surface area contributed by atoms with E-state index in [4.69, 9.17) is 23.2 Å². The van der Waals surface area contributed by atoms with E-state index in [-0.39, 0.29) is 20.5 Å². The molecule has 0 saturated carbocycles. The Hall–Kier alpha value is -2.86. The van der Waals surface area contributed by atoms with Gasteiger partial charge in [-0.15, -0.1) is 0 Å². The van der Waals surface area contributed by atoms with Crippen molar-refractivity contribution in [3.63, 3.8) is 0 Å². The molecule has 1 heterocycles. The zero-order valence-corrected chi connectivity index (χ0v) is 16.6. The topological polar surface area (TPSA) is 79.0 Å². The Labute approximate surface area is 174 Å². The molecular formula is C19H10Cl2F2N2O3S. The molecule has 0 atom stereocenters. The normalized spacial score (nSPS) is 10.9. The van der Waals surface area contributed by atoms with Crippen molar-refractivity contribution >= 4 is 38.9 Å². The predicted octanol–water partition coefficient (Wildman–Crippen LogP) is 4.16. The molecule has 0 bridgehead atoms. The average molecular weight is 455 g/mol. The maximum Gasteiger partial charge on any atom is 0.263 e. The number of aromatic nitrogens is 1. The summed E-state index contributed by atoms with van der Waals surface area (Å²) in [4.78, 5) is 13.0. The molecule has 29 heavy (non-hydrogen) atoms. The molecule has 0 saturated heterocycles. The number of hydrogen-bond acceptors (Lipinski definition) is 3. The Morgan fingerprint density at radius 1 is 1.00 bits per heavy atom. The highest BCUT2D eigenvalue weighted by molar-refractivity contribution is 7.92. The predicted molar refractivity (Wildman–Crippen MR) is 107 cm³/mol. The van der Waals surface area contributed by atoms with E-state index in [2.05, 4.69) is 16.8 Å². The van der Waals surface area contributed by atoms with Crippen LogP contribution in [-0.4, -0.2) is 13.4 Å². The molecule has 0 unspecified atom stereocenters. The van der Waals surface area contributed by atoms with Crippen LogP contribution >= 0.6 is 23.2 Å². The number of benzene rings is 2. The highest BCUT2D eigenvalue weighted by Gasteiger charge is 2.22. The number of aromatic amines is 1. The maximum absolute atomic E-state index is 14.7. The van der Waals surface area contributed by atoms with Gasteiger partial charge in [-0.2, -0.15) is 0 Å². The van der Waals surface area contributed by atoms with Crippen LogP contribution in [0.25, 0.3) is 0 Å². The van der Waals surface area contributed by atoms with Gasteiger partial charge in [0.25, 0.3) is 10.0 Å². The molecule has 5 nitrogen and oxygen atoms in total. The lowest BCUT2D eigenvalue weighted by Crippen LogP contribution is -2.15. The van der Waals surface area contributed by atoms with E-state index in [9.17, 15) is 22.0 Å². The van der Waals surface area contributed by atoms with Crippen LogP contribution in [0.5, 0.6) is 0 Å². The lowest BCUT2D eigenvalue weighted by molar-refractivity contribution is 0.578. The number of halogens is 4. The molecule has 2 aromatic carbocycles. The van der Waals surface area contributed by atoms with Gasteiger partial charge >= 0.3 is 0 Å². The minimum atomic E-state index is -4.31. The van der Waals surface area contributed by atoms with Crippen molar-refractivity contribution in [1.82, 2.24) is 4.98 Å². The molecule has 0 radical (unpaired) electrons. The Morgan fingerprint density at radius 3 is 2.45 bits per heavy atom. The largest absolute Gasteiger partial charge is 0.328 e. The summed E-state index contributed by atoms with van der Waals surface area (Å²) in [5.74, 6) is 2.60. The second-order valence-electron chi connectivity index (χ2n) is 5.66. The molecule has 2 N–H and O–H groups in total. The molecule has 10 heteroatoms. The monoisotopic (exact) mass is 454 g/mol. The van der Waals surface area contributed by atoms with Gasteiger partial charge in [0.1, 0.15) is 10.7 Å². The Balaban J connectivity index is 2.00. The summed E-state index contributed by atoms with van der Waals surface area (Å²) < 4.78 is 55.9. The van der Waals surface area contributed by atoms with E-state index >= 15 is 0 Å². The quantitative estimate of drug-likeness (QED) is 0.583. The summed E-state index contributed by atoms with van der Waals surface area (Å²) in [6.45, 7) is 0. The first kappa shape index (κ1) is 20.9. The number of anilines is 1. The van der Waals surface area contributed by atoms with Gasteiger partial charge in [-0.05, 0) is 36.4 Å². The Bertz CT molecular complexity index is 1310. The maximum atomic E-state index is 14.7. The third-order valence-electron chi connectivity index (χ3n) is 3.63. The third kappa shape index (κ3) is 4.77. The van der Waals surface area contributed by atoms with E-state index in [0.717, 1.165) is 18.2 Å². The van der Waals surface area contributed by atoms with Crippen molar-refractivity contribution in [2.24, 2.45) is 0 Å². The van der Waals surface area contributed by atoms with Crippen molar-refractivity contribution in [2.45, 2.75) is 4.90 Å². The number of sulfonamides is 1. The van der Waals surface area contributed by atoms with Crippen LogP contribution in [0.4, 0.5) is 14.5 Å². The molecule has 0 aliphatic carbocycles. The van der Waals surface area contributed by atoms with E-state index < -0.39 is 32.9 Å². The summed E-state index contributed by atoms with van der Waals surface area (Å²) in [5, 5.41) is -0.00989. The van der Waals surface area contributed by atoms with Gasteiger partial charge in [0.2, 0.25) is 5.56 Å². The number of H-pyrrole nitrogens is 1. The summed E-state index contributed by atoms with van der Waals surface area (Å²) in [5.41, 5.74) is -1.22. The van der Waals surface area contributed by atoms with Crippen molar-refractivity contribution in [2.75, 3.05) is 4.72 Å². The Kier molecular flexibility index (Phi) is 5.94. The van der Waals surface area contributed by atoms with Crippen LogP contribution in [0.15, 0.2) is 58.4 Å². The zero-order valence-electron chi connectivity index (χ0n) is 14.3. The standard InChI is InChI=1S/C19H10Cl2F2N2O3S/c20-12-3-5-14(21)17(9-12)29(27,28)25-16-7-6-15(22)13(19(16)23)4-1-11-2-8-18(26)24-10-11/h2-3,5-10,25H,(H,24,26). The number of nitrogens with one attached hydrogen (secondary N) is 2. The second-order valence-corrected chi connectivity index (χ2v) is 8.15. The average Bonchev–Trinajstić information content (AvgIpc) is 2.67. The highest BCUT2D eigenvalue weighted by atomic mass is 35.5. The fourth-order valence-corrected chi connectivity index (χ4v) is 4.07. The fraction of sp³-hybridized carbons (Fsp3) is 0. The molecule has 148 valence electrons. The van der Waals surface area contributed by atoms with Crippen molar-refractivity contribution in [3.05, 3.63) is 91.8 Å². The first-order valence-corrected chi connectivity index (χ1v) is 10.1. The molecule has 0 fully saturated rings. The third-order valence-corrected chi connectivity index (χ3v) is 5.72. The SMILES string of the molecule is O=c1ccc(C#Cc2c(F)ccc(NS(=O)(=O)c3cc(Cl)ccc3Cl)c2F)c[nH]1. The van der Waals surface area contributed by atoms with Gasteiger partial charge < -0.3 is 4.98 Å². The van der Waals surface area contributed by atoms with Gasteiger partial charge in [-0.3, -0.25) is 9.52 Å². The Morgan fingerprint density at radius 2 is 1.76 bits per heavy atom. The first-order valence-electron chi connectivity index (χ1n) is 7.84. The van der Waals surface area contributed by atoms with E-state index in [1.54, 1.807) is 0 Å². The van der Waals surface area contributed by atoms with Crippen LogP contribution in [0.3, 0.4) is 0 Å². The van der Waals surface area contributed by atoms with Gasteiger partial charge in [-0.25, -0.2) is 17.2 Å². The van der Waals surface area contributed by atoms with Crippen LogP contribution < -0.4 is 10.3 Å². The van der Waals surface area contributed by atoms with Gasteiger partial charge in [0.05, 0.1) is 16.3 Å². The van der Waals surface area contributed by atoms with Crippen molar-refractivity contribution in [1.29, 1.82) is 0 Å². The summed E-state index contributed by atoms with van der Waals surface area (Å²) in [6.07, 6.45) is 1.28. The lowest BCUT2D eigenvalue weighted by atomic mass is 10.1. The number of pyridine rings is 1. The molecule has 3 aromatic rings. The molecule has 0 spiro atoms. The van der Waals surface area contributed by atoms with Crippen molar-refractivity contribution < 1.29 is 17.2 Å². The number of rotatable bonds is 3. The molecule has 3 rings (SSSR count). The molecule has 0 amide bonds. The van der Waals surface area contributed by atoms with Gasteiger partial charge in [-0.1, -0.05) is 35.0 Å². The molecule has 1 aromatic heterocycles. The van der Waals surface area contributed by atoms with Crippen LogP contribution in [0, 0.1) is 23.5 Å². The summed E-state index contributed by atoms with van der Waals surface area (Å²) in [6, 6.07) is 8.14. The van der Waals surface area contributed by atoms with Crippen LogP contribution in [0.2, 0.25) is 10.0 Å². The molecular weight excluding hydrogens is 445 g/mol. The minimum absolute atomic E-state index is 0.113. The fourth-order valence-electron chi connectivity index (χ4n) is 2.25. The van der Waals surface area contributed by atoms with Crippen LogP contribution in [-0.2, 0) is 10.0 Å². The van der Waals surface area contributed by atoms with E-state index in [0.29, 0.717) is 5.56 Å². The first-order chi connectivity index (χ1) is 13.7. The minimum Gasteiger partial charge on any atom is -0.328 e. The van der Waals surface area contributed by atoms with Gasteiger partial charge in [0, 0.05) is 22.8 Å². The van der Waals surface area contributed by atoms with Gasteiger partial charge in [0.15, 0.2) is 5.82 Å². The van der Waals surface area contributed by atoms with E-state index in [1.807, 2.05) is 4.72 Å². The molecule has 0 aliphatic heterocycles. The van der Waals surface area contributed by atoms with Crippen molar-refractivity contribution in [3.8, 4) is 11.8 Å². The molecule has 0 aliphatic rings. The summed E-state index contributed by atoms with van der Waals surface area (Å²) >= 11 is 11.7. The lowest BCUT2D eigenvalue weighted by Gasteiger charge is -2.11. The smallest absolute Gasteiger partial charge is 0.263 e. The highest BCUT2D eigenvalue weighted by Crippen LogP contribution is 2.28. The zero-order chi connectivity index (χ0) is 21.2. The second kappa shape index (κ2) is 8.25. The summed E-state index contributed by atoms with van der Waals surface area (Å²) in [7, 11) is -4.31. The van der Waals surface area contributed by atoms with E-state index in [1.165, 1.54) is 30.5 Å². The number of hydrogen-bond donors (Lipinski definition) is 2. The van der Waals surface area contributed by atoms with Crippen LogP contribution in [0.1, 0.15) is 11.1 Å².